The van der Waals surface area contributed by atoms with Gasteiger partial charge in [0.05, 0.1) is 12.7 Å². The monoisotopic (exact) mass is 492 g/mol. The average molecular weight is 493 g/mol. The number of rotatable bonds is 10. The molecule has 2 aromatic carbocycles. The van der Waals surface area contributed by atoms with E-state index in [2.05, 4.69) is 34.2 Å². The number of Topliss-reactive ketones (excluding diaryl/α,β-unsaturated/α-hetero) is 1. The first kappa shape index (κ1) is 25.3. The van der Waals surface area contributed by atoms with Crippen molar-refractivity contribution in [3.63, 3.8) is 0 Å². The first-order valence-corrected chi connectivity index (χ1v) is 11.9. The predicted octanol–water partition coefficient (Wildman–Crippen LogP) is 3.72. The SMILES string of the molecule is COc1ccc2c(c1)c(/C=C1\Oc3ccc(NC(=O)NCCCO)cc3C1=O)cn2CCCN(C)C. The summed E-state index contributed by atoms with van der Waals surface area (Å²) >= 11 is 0. The van der Waals surface area contributed by atoms with E-state index in [-0.39, 0.29) is 18.1 Å². The van der Waals surface area contributed by atoms with Gasteiger partial charge in [-0.05, 0) is 76.0 Å². The maximum absolute atomic E-state index is 13.2. The number of aliphatic hydroxyl groups excluding tert-OH is 1. The topological polar surface area (TPSA) is 105 Å². The lowest BCUT2D eigenvalue weighted by Crippen LogP contribution is -2.29. The van der Waals surface area contributed by atoms with Crippen LogP contribution < -0.4 is 20.1 Å². The van der Waals surface area contributed by atoms with Crippen molar-refractivity contribution in [2.75, 3.05) is 46.2 Å². The number of benzene rings is 2. The van der Waals surface area contributed by atoms with Crippen LogP contribution in [0.1, 0.15) is 28.8 Å². The first-order valence-electron chi connectivity index (χ1n) is 11.9. The molecule has 2 heterocycles. The minimum absolute atomic E-state index is 0.00160. The Bertz CT molecular complexity index is 1290. The number of fused-ring (bicyclic) bond motifs is 2. The summed E-state index contributed by atoms with van der Waals surface area (Å²) in [7, 11) is 5.74. The standard InChI is InChI=1S/C27H32N4O5/c1-30(2)11-5-12-31-17-18(21-16-20(35-3)7-8-23(21)31)14-25-26(33)22-15-19(6-9-24(22)36-25)29-27(34)28-10-4-13-32/h6-9,14-17,32H,4-5,10-13H2,1-3H3,(H2,28,29,34)/b25-14-. The molecule has 1 aliphatic heterocycles. The molecule has 4 rings (SSSR count). The Labute approximate surface area is 210 Å². The maximum Gasteiger partial charge on any atom is 0.319 e. The number of nitrogens with zero attached hydrogens (tertiary/aromatic N) is 2. The number of aryl methyl sites for hydroxylation is 1. The molecule has 190 valence electrons. The fourth-order valence-electron chi connectivity index (χ4n) is 4.15. The van der Waals surface area contributed by atoms with E-state index in [1.807, 2.05) is 24.4 Å². The van der Waals surface area contributed by atoms with Crippen LogP contribution in [0.2, 0.25) is 0 Å². The van der Waals surface area contributed by atoms with Crippen LogP contribution in [0.15, 0.2) is 48.4 Å². The van der Waals surface area contributed by atoms with Crippen LogP contribution >= 0.6 is 0 Å². The summed E-state index contributed by atoms with van der Waals surface area (Å²) in [6, 6.07) is 10.5. The Hall–Kier alpha value is -3.82. The van der Waals surface area contributed by atoms with Gasteiger partial charge >= 0.3 is 6.03 Å². The number of aromatic nitrogens is 1. The van der Waals surface area contributed by atoms with Crippen molar-refractivity contribution < 1.29 is 24.2 Å². The van der Waals surface area contributed by atoms with Gasteiger partial charge in [0.1, 0.15) is 11.5 Å². The van der Waals surface area contributed by atoms with Gasteiger partial charge in [-0.15, -0.1) is 0 Å². The molecule has 0 fully saturated rings. The molecule has 3 aromatic rings. The fraction of sp³-hybridized carbons (Fsp3) is 0.333. The van der Waals surface area contributed by atoms with Gasteiger partial charge in [-0.3, -0.25) is 4.79 Å². The predicted molar refractivity (Wildman–Crippen MR) is 140 cm³/mol. The first-order chi connectivity index (χ1) is 17.4. The van der Waals surface area contributed by atoms with Crippen LogP contribution in [-0.4, -0.2) is 67.3 Å². The Morgan fingerprint density at radius 1 is 1.19 bits per heavy atom. The van der Waals surface area contributed by atoms with Crippen molar-refractivity contribution in [2.24, 2.45) is 0 Å². The highest BCUT2D eigenvalue weighted by atomic mass is 16.5. The molecule has 9 heteroatoms. The second kappa shape index (κ2) is 11.3. The third-order valence-electron chi connectivity index (χ3n) is 5.96. The Morgan fingerprint density at radius 2 is 2.03 bits per heavy atom. The van der Waals surface area contributed by atoms with Crippen LogP contribution in [0.5, 0.6) is 11.5 Å². The van der Waals surface area contributed by atoms with Gasteiger partial charge in [0.25, 0.3) is 0 Å². The van der Waals surface area contributed by atoms with Gasteiger partial charge < -0.3 is 34.7 Å². The number of anilines is 1. The zero-order valence-corrected chi connectivity index (χ0v) is 20.8. The van der Waals surface area contributed by atoms with Crippen molar-refractivity contribution in [3.8, 4) is 11.5 Å². The third-order valence-corrected chi connectivity index (χ3v) is 5.96. The van der Waals surface area contributed by atoms with Crippen LogP contribution in [0, 0.1) is 0 Å². The average Bonchev–Trinajstić information content (AvgIpc) is 3.35. The van der Waals surface area contributed by atoms with Gasteiger partial charge in [-0.2, -0.15) is 0 Å². The molecule has 0 saturated carbocycles. The van der Waals surface area contributed by atoms with Gasteiger partial charge in [0.2, 0.25) is 5.78 Å². The molecule has 0 spiro atoms. The quantitative estimate of drug-likeness (QED) is 0.294. The number of carbonyl (C=O) groups is 2. The summed E-state index contributed by atoms with van der Waals surface area (Å²) in [6.45, 7) is 2.17. The van der Waals surface area contributed by atoms with E-state index in [9.17, 15) is 9.59 Å². The second-order valence-corrected chi connectivity index (χ2v) is 8.93. The summed E-state index contributed by atoms with van der Waals surface area (Å²) in [4.78, 5) is 27.4. The molecule has 1 aromatic heterocycles. The van der Waals surface area contributed by atoms with Crippen LogP contribution in [0.25, 0.3) is 17.0 Å². The van der Waals surface area contributed by atoms with Crippen LogP contribution in [-0.2, 0) is 6.54 Å². The number of ether oxygens (including phenoxy) is 2. The van der Waals surface area contributed by atoms with Gasteiger partial charge in [0.15, 0.2) is 5.76 Å². The number of ketones is 1. The molecular weight excluding hydrogens is 460 g/mol. The molecule has 0 saturated heterocycles. The molecular formula is C27H32N4O5. The summed E-state index contributed by atoms with van der Waals surface area (Å²) in [5, 5.41) is 15.2. The summed E-state index contributed by atoms with van der Waals surface area (Å²) in [5.41, 5.74) is 2.80. The summed E-state index contributed by atoms with van der Waals surface area (Å²) in [5.74, 6) is 1.17. The molecule has 2 amide bonds. The molecule has 0 atom stereocenters. The summed E-state index contributed by atoms with van der Waals surface area (Å²) in [6.07, 6.45) is 5.26. The minimum atomic E-state index is -0.401. The Morgan fingerprint density at radius 3 is 2.78 bits per heavy atom. The zero-order valence-electron chi connectivity index (χ0n) is 20.8. The number of allylic oxidation sites excluding steroid dienone is 1. The van der Waals surface area contributed by atoms with Crippen molar-refractivity contribution in [2.45, 2.75) is 19.4 Å². The van der Waals surface area contributed by atoms with Crippen molar-refractivity contribution in [1.29, 1.82) is 0 Å². The Kier molecular flexibility index (Phi) is 7.92. The summed E-state index contributed by atoms with van der Waals surface area (Å²) < 4.78 is 13.5. The number of methoxy groups -OCH3 is 1. The van der Waals surface area contributed by atoms with Crippen molar-refractivity contribution >= 4 is 34.5 Å². The van der Waals surface area contributed by atoms with E-state index >= 15 is 0 Å². The van der Waals surface area contributed by atoms with E-state index in [1.54, 1.807) is 31.4 Å². The third kappa shape index (κ3) is 5.69. The molecule has 0 unspecified atom stereocenters. The number of amides is 2. The smallest absolute Gasteiger partial charge is 0.319 e. The lowest BCUT2D eigenvalue weighted by molar-refractivity contribution is 0.101. The minimum Gasteiger partial charge on any atom is -0.497 e. The molecule has 3 N–H and O–H groups in total. The Balaban J connectivity index is 1.58. The number of aliphatic hydroxyl groups is 1. The highest BCUT2D eigenvalue weighted by Gasteiger charge is 2.28. The van der Waals surface area contributed by atoms with Gasteiger partial charge in [-0.25, -0.2) is 4.79 Å². The number of nitrogens with one attached hydrogen (secondary N) is 2. The van der Waals surface area contributed by atoms with E-state index < -0.39 is 6.03 Å². The number of urea groups is 1. The van der Waals surface area contributed by atoms with Gasteiger partial charge in [-0.1, -0.05) is 0 Å². The number of hydrogen-bond donors (Lipinski definition) is 3. The number of carbonyl (C=O) groups excluding carboxylic acids is 2. The van der Waals surface area contributed by atoms with E-state index in [4.69, 9.17) is 14.6 Å². The molecule has 0 radical (unpaired) electrons. The molecule has 0 aliphatic carbocycles. The van der Waals surface area contributed by atoms with E-state index in [0.717, 1.165) is 41.7 Å². The molecule has 0 bridgehead atoms. The fourth-order valence-corrected chi connectivity index (χ4v) is 4.15. The second-order valence-electron chi connectivity index (χ2n) is 8.93. The molecule has 9 nitrogen and oxygen atoms in total. The number of hydrogen-bond acceptors (Lipinski definition) is 6. The normalized spacial score (nSPS) is 13.8. The molecule has 1 aliphatic rings. The van der Waals surface area contributed by atoms with E-state index in [1.165, 1.54) is 0 Å². The molecule has 36 heavy (non-hydrogen) atoms. The van der Waals surface area contributed by atoms with Gasteiger partial charge in [0, 0.05) is 48.0 Å². The lowest BCUT2D eigenvalue weighted by Gasteiger charge is -2.10. The zero-order chi connectivity index (χ0) is 25.7. The lowest BCUT2D eigenvalue weighted by atomic mass is 10.1. The maximum atomic E-state index is 13.2. The van der Waals surface area contributed by atoms with E-state index in [0.29, 0.717) is 30.0 Å². The highest BCUT2D eigenvalue weighted by molar-refractivity contribution is 6.15. The van der Waals surface area contributed by atoms with Crippen LogP contribution in [0.3, 0.4) is 0 Å². The van der Waals surface area contributed by atoms with Crippen LogP contribution in [0.4, 0.5) is 10.5 Å². The van der Waals surface area contributed by atoms with Crippen molar-refractivity contribution in [1.82, 2.24) is 14.8 Å². The van der Waals surface area contributed by atoms with Crippen molar-refractivity contribution in [3.05, 3.63) is 59.5 Å². The largest absolute Gasteiger partial charge is 0.497 e. The highest BCUT2D eigenvalue weighted by Crippen LogP contribution is 2.35.